The van der Waals surface area contributed by atoms with Gasteiger partial charge in [-0.3, -0.25) is 14.9 Å². The van der Waals surface area contributed by atoms with E-state index < -0.39 is 23.7 Å². The molecule has 0 radical (unpaired) electrons. The Morgan fingerprint density at radius 3 is 2.29 bits per heavy atom. The lowest BCUT2D eigenvalue weighted by molar-refractivity contribution is -0.122. The first-order valence-corrected chi connectivity index (χ1v) is 11.3. The highest BCUT2D eigenvalue weighted by Gasteiger charge is 2.37. The van der Waals surface area contributed by atoms with Crippen LogP contribution in [0.2, 0.25) is 10.0 Å². The van der Waals surface area contributed by atoms with Crippen molar-refractivity contribution in [2.24, 2.45) is 0 Å². The number of hydrogen-bond donors (Lipinski definition) is 1. The number of carbonyl (C=O) groups excluding carboxylic acids is 3. The third-order valence-corrected chi connectivity index (χ3v) is 6.40. The van der Waals surface area contributed by atoms with Crippen molar-refractivity contribution in [3.63, 3.8) is 0 Å². The predicted molar refractivity (Wildman–Crippen MR) is 133 cm³/mol. The molecule has 9 heteroatoms. The molecule has 174 valence electrons. The van der Waals surface area contributed by atoms with Crippen molar-refractivity contribution < 1.29 is 18.8 Å². The van der Waals surface area contributed by atoms with Crippen molar-refractivity contribution in [2.75, 3.05) is 4.90 Å². The Bertz CT molecular complexity index is 1520. The minimum Gasteiger partial charge on any atom is -0.342 e. The molecule has 1 saturated heterocycles. The monoisotopic (exact) mass is 507 g/mol. The number of nitrogens with zero attached hydrogens (tertiary/aromatic N) is 2. The average molecular weight is 508 g/mol. The zero-order valence-electron chi connectivity index (χ0n) is 18.0. The van der Waals surface area contributed by atoms with Gasteiger partial charge in [-0.25, -0.2) is 14.1 Å². The fourth-order valence-corrected chi connectivity index (χ4v) is 4.53. The molecule has 0 unspecified atom stereocenters. The second-order valence-corrected chi connectivity index (χ2v) is 8.68. The summed E-state index contributed by atoms with van der Waals surface area (Å²) >= 11 is 12.7. The maximum atomic E-state index is 13.3. The van der Waals surface area contributed by atoms with Crippen LogP contribution in [0.25, 0.3) is 17.0 Å². The number of hydrogen-bond acceptors (Lipinski definition) is 3. The second-order valence-electron chi connectivity index (χ2n) is 7.86. The summed E-state index contributed by atoms with van der Waals surface area (Å²) < 4.78 is 15.3. The van der Waals surface area contributed by atoms with Crippen LogP contribution < -0.4 is 10.2 Å². The number of fused-ring (bicyclic) bond motifs is 1. The number of amides is 4. The second kappa shape index (κ2) is 9.02. The predicted octanol–water partition coefficient (Wildman–Crippen LogP) is 5.80. The molecule has 1 aliphatic rings. The molecule has 0 saturated carbocycles. The summed E-state index contributed by atoms with van der Waals surface area (Å²) in [4.78, 5) is 39.0. The number of halogens is 3. The van der Waals surface area contributed by atoms with Gasteiger partial charge in [0.05, 0.1) is 12.2 Å². The number of rotatable bonds is 4. The molecular weight excluding hydrogens is 492 g/mol. The van der Waals surface area contributed by atoms with Gasteiger partial charge < -0.3 is 4.57 Å². The molecular formula is C26H16Cl2FN3O3. The molecule has 6 nitrogen and oxygen atoms in total. The number of imide groups is 2. The van der Waals surface area contributed by atoms with Crippen LogP contribution in [0, 0.1) is 5.82 Å². The van der Waals surface area contributed by atoms with Gasteiger partial charge in [0, 0.05) is 38.3 Å². The topological polar surface area (TPSA) is 71.4 Å². The molecule has 4 aromatic rings. The van der Waals surface area contributed by atoms with Crippen LogP contribution in [0.5, 0.6) is 0 Å². The van der Waals surface area contributed by atoms with E-state index in [1.54, 1.807) is 24.4 Å². The van der Waals surface area contributed by atoms with E-state index >= 15 is 0 Å². The van der Waals surface area contributed by atoms with E-state index in [0.29, 0.717) is 22.2 Å². The van der Waals surface area contributed by atoms with Crippen molar-refractivity contribution in [1.82, 2.24) is 9.88 Å². The largest absolute Gasteiger partial charge is 0.342 e. The quantitative estimate of drug-likeness (QED) is 0.280. The number of urea groups is 1. The van der Waals surface area contributed by atoms with Gasteiger partial charge in [-0.2, -0.15) is 0 Å². The number of benzene rings is 3. The van der Waals surface area contributed by atoms with Crippen LogP contribution in [-0.2, 0) is 16.1 Å². The zero-order chi connectivity index (χ0) is 24.7. The van der Waals surface area contributed by atoms with Crippen LogP contribution in [-0.4, -0.2) is 22.4 Å². The van der Waals surface area contributed by atoms with Crippen molar-refractivity contribution in [3.8, 4) is 0 Å². The molecule has 0 spiro atoms. The molecule has 5 rings (SSSR count). The highest BCUT2D eigenvalue weighted by molar-refractivity contribution is 6.39. The molecule has 1 aliphatic heterocycles. The van der Waals surface area contributed by atoms with Gasteiger partial charge in [-0.05, 0) is 48.5 Å². The molecule has 0 bridgehead atoms. The van der Waals surface area contributed by atoms with Gasteiger partial charge in [-0.15, -0.1) is 0 Å². The van der Waals surface area contributed by atoms with Gasteiger partial charge in [0.25, 0.3) is 11.8 Å². The number of para-hydroxylation sites is 1. The van der Waals surface area contributed by atoms with E-state index in [2.05, 4.69) is 5.32 Å². The Morgan fingerprint density at radius 1 is 0.886 bits per heavy atom. The molecule has 1 aromatic heterocycles. The minimum absolute atomic E-state index is 0.142. The Balaban J connectivity index is 1.58. The van der Waals surface area contributed by atoms with Gasteiger partial charge >= 0.3 is 6.03 Å². The van der Waals surface area contributed by atoms with Gasteiger partial charge in [0.1, 0.15) is 11.4 Å². The van der Waals surface area contributed by atoms with E-state index in [4.69, 9.17) is 23.2 Å². The van der Waals surface area contributed by atoms with Crippen molar-refractivity contribution in [1.29, 1.82) is 0 Å². The lowest BCUT2D eigenvalue weighted by Gasteiger charge is -2.26. The molecule has 1 N–H and O–H groups in total. The summed E-state index contributed by atoms with van der Waals surface area (Å²) in [6.07, 6.45) is 3.23. The first kappa shape index (κ1) is 22.8. The van der Waals surface area contributed by atoms with Crippen LogP contribution >= 0.6 is 23.2 Å². The van der Waals surface area contributed by atoms with E-state index in [1.807, 2.05) is 28.8 Å². The molecule has 1 fully saturated rings. The Morgan fingerprint density at radius 2 is 1.57 bits per heavy atom. The number of carbonyl (C=O) groups is 3. The van der Waals surface area contributed by atoms with Crippen LogP contribution in [0.4, 0.5) is 14.9 Å². The highest BCUT2D eigenvalue weighted by atomic mass is 35.5. The summed E-state index contributed by atoms with van der Waals surface area (Å²) in [5.41, 5.74) is 2.08. The lowest BCUT2D eigenvalue weighted by Crippen LogP contribution is -2.54. The van der Waals surface area contributed by atoms with Gasteiger partial charge in [-0.1, -0.05) is 47.5 Å². The normalized spacial score (nSPS) is 15.2. The number of nitrogens with one attached hydrogen (secondary N) is 1. The lowest BCUT2D eigenvalue weighted by atomic mass is 10.1. The minimum atomic E-state index is -0.903. The van der Waals surface area contributed by atoms with E-state index in [1.165, 1.54) is 18.2 Å². The molecule has 4 amide bonds. The summed E-state index contributed by atoms with van der Waals surface area (Å²) in [5.74, 6) is -2.14. The Hall–Kier alpha value is -3.94. The SMILES string of the molecule is O=C1NC(=O)N(c2ccc(F)cc2)C(=O)/C1=C/c1cn(Cc2c(Cl)cccc2Cl)c2ccccc12. The standard InChI is InChI=1S/C26H16Cl2FN3O3/c27-21-5-3-6-22(28)20(21)14-31-13-15(18-4-1-2-7-23(18)31)12-19-24(33)30-26(35)32(25(19)34)17-10-8-16(29)9-11-17/h1-13H,14H2,(H,30,33,35)/b19-12+. The zero-order valence-corrected chi connectivity index (χ0v) is 19.5. The van der Waals surface area contributed by atoms with E-state index in [9.17, 15) is 18.8 Å². The van der Waals surface area contributed by atoms with Gasteiger partial charge in [0.15, 0.2) is 0 Å². The summed E-state index contributed by atoms with van der Waals surface area (Å²) in [5, 5.41) is 4.00. The van der Waals surface area contributed by atoms with Crippen LogP contribution in [0.15, 0.2) is 78.5 Å². The van der Waals surface area contributed by atoms with Crippen LogP contribution in [0.3, 0.4) is 0 Å². The number of anilines is 1. The third-order valence-electron chi connectivity index (χ3n) is 5.70. The van der Waals surface area contributed by atoms with Crippen molar-refractivity contribution in [3.05, 3.63) is 105 Å². The maximum Gasteiger partial charge on any atom is 0.335 e. The highest BCUT2D eigenvalue weighted by Crippen LogP contribution is 2.30. The van der Waals surface area contributed by atoms with Crippen molar-refractivity contribution >= 4 is 63.7 Å². The number of aromatic nitrogens is 1. The maximum absolute atomic E-state index is 13.3. The number of barbiturate groups is 1. The Kier molecular flexibility index (Phi) is 5.88. The summed E-state index contributed by atoms with van der Waals surface area (Å²) in [7, 11) is 0. The first-order valence-electron chi connectivity index (χ1n) is 10.5. The van der Waals surface area contributed by atoms with Gasteiger partial charge in [0.2, 0.25) is 0 Å². The van der Waals surface area contributed by atoms with Crippen LogP contribution in [0.1, 0.15) is 11.1 Å². The van der Waals surface area contributed by atoms with E-state index in [-0.39, 0.29) is 11.3 Å². The first-order chi connectivity index (χ1) is 16.8. The third kappa shape index (κ3) is 4.20. The smallest absolute Gasteiger partial charge is 0.335 e. The summed E-state index contributed by atoms with van der Waals surface area (Å²) in [6.45, 7) is 0.364. The van der Waals surface area contributed by atoms with E-state index in [0.717, 1.165) is 33.5 Å². The fraction of sp³-hybridized carbons (Fsp3) is 0.0385. The summed E-state index contributed by atoms with van der Waals surface area (Å²) in [6, 6.07) is 16.7. The molecule has 0 atom stereocenters. The molecule has 35 heavy (non-hydrogen) atoms. The molecule has 3 aromatic carbocycles. The molecule has 2 heterocycles. The van der Waals surface area contributed by atoms with Crippen molar-refractivity contribution in [2.45, 2.75) is 6.54 Å². The average Bonchev–Trinajstić information content (AvgIpc) is 3.17. The fourth-order valence-electron chi connectivity index (χ4n) is 4.01. The molecule has 0 aliphatic carbocycles. The Labute approximate surface area is 209 Å².